The Morgan fingerprint density at radius 3 is 2.69 bits per heavy atom. The van der Waals surface area contributed by atoms with Crippen molar-refractivity contribution in [1.82, 2.24) is 14.5 Å². The van der Waals surface area contributed by atoms with E-state index < -0.39 is 26.5 Å². The second-order valence-corrected chi connectivity index (χ2v) is 8.52. The Labute approximate surface area is 180 Å². The van der Waals surface area contributed by atoms with E-state index in [0.29, 0.717) is 16.9 Å². The van der Waals surface area contributed by atoms with E-state index in [4.69, 9.17) is 4.74 Å². The van der Waals surface area contributed by atoms with Crippen LogP contribution in [0.3, 0.4) is 0 Å². The monoisotopic (exact) mass is 459 g/mol. The van der Waals surface area contributed by atoms with Gasteiger partial charge in [0.2, 0.25) is 17.6 Å². The molecule has 0 aliphatic heterocycles. The van der Waals surface area contributed by atoms with Gasteiger partial charge < -0.3 is 10.1 Å². The summed E-state index contributed by atoms with van der Waals surface area (Å²) < 4.78 is 46.1. The number of para-hydroxylation sites is 2. The highest BCUT2D eigenvalue weighted by Gasteiger charge is 2.24. The highest BCUT2D eigenvalue weighted by Crippen LogP contribution is 2.33. The van der Waals surface area contributed by atoms with Gasteiger partial charge >= 0.3 is 15.7 Å². The molecule has 13 heteroatoms. The molecule has 0 saturated carbocycles. The number of anilines is 2. The first-order valence-electron chi connectivity index (χ1n) is 9.03. The molecular formula is C19H16FN6O5S+. The number of rotatable bonds is 6. The van der Waals surface area contributed by atoms with Gasteiger partial charge in [0.05, 0.1) is 24.0 Å². The third-order valence-corrected chi connectivity index (χ3v) is 5.56. The van der Waals surface area contributed by atoms with Crippen molar-refractivity contribution in [2.24, 2.45) is 0 Å². The Morgan fingerprint density at radius 2 is 2.00 bits per heavy atom. The maximum atomic E-state index is 13.9. The zero-order valence-electron chi connectivity index (χ0n) is 16.8. The van der Waals surface area contributed by atoms with Crippen molar-refractivity contribution >= 4 is 38.4 Å². The Morgan fingerprint density at radius 1 is 1.25 bits per heavy atom. The number of nitrogens with zero attached hydrogens (tertiary/aromatic N) is 5. The SMILES string of the molecule is COc1cc(F)c([N+](=O)[O-])cc1Nc1nccc(-n2c[n+](S(C)(=O)=O)c3ccccc32)n1. The number of halogens is 1. The van der Waals surface area contributed by atoms with Gasteiger partial charge in [-0.25, -0.2) is 4.98 Å². The van der Waals surface area contributed by atoms with Crippen LogP contribution in [0.4, 0.5) is 21.7 Å². The lowest BCUT2D eigenvalue weighted by Crippen LogP contribution is -2.40. The van der Waals surface area contributed by atoms with Gasteiger partial charge in [0.1, 0.15) is 5.75 Å². The molecule has 4 aromatic rings. The minimum atomic E-state index is -3.58. The molecule has 0 saturated heterocycles. The second-order valence-electron chi connectivity index (χ2n) is 6.66. The van der Waals surface area contributed by atoms with Crippen LogP contribution in [0.5, 0.6) is 5.75 Å². The molecule has 0 radical (unpaired) electrons. The van der Waals surface area contributed by atoms with Crippen LogP contribution < -0.4 is 14.0 Å². The lowest BCUT2D eigenvalue weighted by molar-refractivity contribution is -0.480. The van der Waals surface area contributed by atoms with Gasteiger partial charge in [-0.2, -0.15) is 22.4 Å². The molecule has 4 rings (SSSR count). The molecular weight excluding hydrogens is 443 g/mol. The van der Waals surface area contributed by atoms with Gasteiger partial charge in [-0.3, -0.25) is 10.1 Å². The highest BCUT2D eigenvalue weighted by atomic mass is 32.2. The van der Waals surface area contributed by atoms with Crippen molar-refractivity contribution in [3.05, 3.63) is 70.9 Å². The fourth-order valence-corrected chi connectivity index (χ4v) is 3.92. The number of fused-ring (bicyclic) bond motifs is 1. The molecule has 2 aromatic carbocycles. The zero-order chi connectivity index (χ0) is 23.0. The molecule has 2 heterocycles. The summed E-state index contributed by atoms with van der Waals surface area (Å²) in [4.78, 5) is 18.7. The van der Waals surface area contributed by atoms with E-state index in [0.717, 1.165) is 22.4 Å². The largest absolute Gasteiger partial charge is 0.494 e. The summed E-state index contributed by atoms with van der Waals surface area (Å²) in [7, 11) is -2.29. The van der Waals surface area contributed by atoms with Gasteiger partial charge in [-0.05, 0) is 12.1 Å². The summed E-state index contributed by atoms with van der Waals surface area (Å²) in [6, 6.07) is 10.3. The van der Waals surface area contributed by atoms with E-state index in [-0.39, 0.29) is 17.4 Å². The van der Waals surface area contributed by atoms with Crippen molar-refractivity contribution in [2.75, 3.05) is 18.7 Å². The lowest BCUT2D eigenvalue weighted by atomic mass is 10.2. The smallest absolute Gasteiger partial charge is 0.307 e. The van der Waals surface area contributed by atoms with Crippen LogP contribution in [0, 0.1) is 15.9 Å². The van der Waals surface area contributed by atoms with E-state index in [2.05, 4.69) is 15.3 Å². The summed E-state index contributed by atoms with van der Waals surface area (Å²) in [6.45, 7) is 0. The van der Waals surface area contributed by atoms with Crippen molar-refractivity contribution in [3.8, 4) is 11.6 Å². The molecule has 32 heavy (non-hydrogen) atoms. The third kappa shape index (κ3) is 3.80. The Kier molecular flexibility index (Phi) is 5.18. The quantitative estimate of drug-likeness (QED) is 0.264. The lowest BCUT2D eigenvalue weighted by Gasteiger charge is -2.10. The first-order chi connectivity index (χ1) is 15.2. The van der Waals surface area contributed by atoms with Gasteiger partial charge in [-0.15, -0.1) is 3.97 Å². The first kappa shape index (κ1) is 21.1. The molecule has 0 aliphatic carbocycles. The Hall–Kier alpha value is -4.13. The molecule has 11 nitrogen and oxygen atoms in total. The van der Waals surface area contributed by atoms with Crippen LogP contribution in [0.2, 0.25) is 0 Å². The topological polar surface area (TPSA) is 133 Å². The van der Waals surface area contributed by atoms with Crippen molar-refractivity contribution in [3.63, 3.8) is 0 Å². The van der Waals surface area contributed by atoms with E-state index >= 15 is 0 Å². The van der Waals surface area contributed by atoms with E-state index in [9.17, 15) is 22.9 Å². The molecule has 0 unspecified atom stereocenters. The van der Waals surface area contributed by atoms with Gasteiger partial charge in [0.25, 0.3) is 6.33 Å². The van der Waals surface area contributed by atoms with Gasteiger partial charge in [0, 0.05) is 24.4 Å². The molecule has 0 amide bonds. The number of nitro groups is 1. The van der Waals surface area contributed by atoms with Crippen molar-refractivity contribution in [1.29, 1.82) is 0 Å². The van der Waals surface area contributed by atoms with E-state index in [1.54, 1.807) is 34.9 Å². The van der Waals surface area contributed by atoms with E-state index in [1.165, 1.54) is 19.6 Å². The van der Waals surface area contributed by atoms with Crippen molar-refractivity contribution in [2.45, 2.75) is 0 Å². The summed E-state index contributed by atoms with van der Waals surface area (Å²) in [6.07, 6.45) is 3.90. The predicted octanol–water partition coefficient (Wildman–Crippen LogP) is 2.32. The van der Waals surface area contributed by atoms with Crippen LogP contribution in [-0.4, -0.2) is 41.2 Å². The molecule has 2 aromatic heterocycles. The van der Waals surface area contributed by atoms with Crippen LogP contribution in [-0.2, 0) is 10.0 Å². The van der Waals surface area contributed by atoms with Crippen LogP contribution in [0.25, 0.3) is 16.9 Å². The number of nitro benzene ring substituents is 1. The zero-order valence-corrected chi connectivity index (χ0v) is 17.6. The normalized spacial score (nSPS) is 11.5. The second kappa shape index (κ2) is 7.85. The summed E-state index contributed by atoms with van der Waals surface area (Å²) >= 11 is 0. The molecule has 0 spiro atoms. The first-order valence-corrected chi connectivity index (χ1v) is 10.9. The maximum Gasteiger partial charge on any atom is 0.307 e. The summed E-state index contributed by atoms with van der Waals surface area (Å²) in [5.41, 5.74) is 0.382. The standard InChI is InChI=1S/C19H16FN6O5S/c1-31-17-9-12(20)16(26(27)28)10-13(17)22-19-21-8-7-18(23-19)24-11-25(32(2,29)30)15-6-4-3-5-14(15)24/h3-11H,1-2H3,(H,21,22,23)/q+1. The number of hydrogen-bond donors (Lipinski definition) is 1. The summed E-state index contributed by atoms with van der Waals surface area (Å²) in [5.74, 6) is -0.665. The maximum absolute atomic E-state index is 13.9. The third-order valence-electron chi connectivity index (χ3n) is 4.56. The molecule has 0 atom stereocenters. The number of nitrogens with one attached hydrogen (secondary N) is 1. The fraction of sp³-hybridized carbons (Fsp3) is 0.105. The van der Waals surface area contributed by atoms with Gasteiger partial charge in [-0.1, -0.05) is 12.1 Å². The molecule has 0 bridgehead atoms. The average Bonchev–Trinajstić information content (AvgIpc) is 3.15. The number of benzene rings is 2. The molecule has 1 N–H and O–H groups in total. The Balaban J connectivity index is 1.80. The number of aromatic nitrogens is 4. The number of methoxy groups -OCH3 is 1. The van der Waals surface area contributed by atoms with E-state index in [1.807, 2.05) is 0 Å². The fourth-order valence-electron chi connectivity index (χ4n) is 3.14. The van der Waals surface area contributed by atoms with Crippen molar-refractivity contribution < 1.29 is 26.4 Å². The van der Waals surface area contributed by atoms with Crippen LogP contribution in [0.1, 0.15) is 0 Å². The number of imidazole rings is 1. The number of hydrogen-bond acceptors (Lipinski definition) is 8. The minimum absolute atomic E-state index is 0.0171. The molecule has 0 fully saturated rings. The van der Waals surface area contributed by atoms with Crippen LogP contribution >= 0.6 is 0 Å². The molecule has 164 valence electrons. The number of ether oxygens (including phenoxy) is 1. The highest BCUT2D eigenvalue weighted by molar-refractivity contribution is 7.84. The molecule has 0 aliphatic rings. The predicted molar refractivity (Wildman–Crippen MR) is 112 cm³/mol. The summed E-state index contributed by atoms with van der Waals surface area (Å²) in [5, 5.41) is 13.9. The van der Waals surface area contributed by atoms with Gasteiger partial charge in [0.15, 0.2) is 11.0 Å². The van der Waals surface area contributed by atoms with Crippen LogP contribution in [0.15, 0.2) is 55.0 Å². The average molecular weight is 459 g/mol. The Bertz CT molecular complexity index is 1470. The minimum Gasteiger partial charge on any atom is -0.494 e.